The maximum absolute atomic E-state index is 14.1. The third-order valence-corrected chi connectivity index (χ3v) is 6.04. The smallest absolute Gasteiger partial charge is 0.246 e. The Morgan fingerprint density at radius 2 is 1.95 bits per heavy atom. The number of likely N-dealkylation sites (N-methyl/N-ethyl adjacent to an activating group) is 1. The van der Waals surface area contributed by atoms with Crippen LogP contribution < -0.4 is 5.73 Å². The first kappa shape index (κ1) is 16.5. The normalized spacial score (nSPS) is 20.6. The number of hydrogen-bond donors (Lipinski definition) is 1. The van der Waals surface area contributed by atoms with Crippen LogP contribution in [-0.4, -0.2) is 49.8 Å². The number of nitrogen functional groups attached to an aromatic ring is 1. The molecule has 0 radical (unpaired) electrons. The Bertz CT molecular complexity index is 664. The van der Waals surface area contributed by atoms with Gasteiger partial charge in [-0.2, -0.15) is 4.31 Å². The van der Waals surface area contributed by atoms with E-state index >= 15 is 0 Å². The number of nitrogens with zero attached hydrogens (tertiary/aromatic N) is 2. The number of sulfonamides is 1. The number of hydrogen-bond acceptors (Lipinski definition) is 4. The predicted molar refractivity (Wildman–Crippen MR) is 81.3 cm³/mol. The van der Waals surface area contributed by atoms with Gasteiger partial charge in [-0.25, -0.2) is 12.8 Å². The molecule has 21 heavy (non-hydrogen) atoms. The molecule has 1 heterocycles. The molecule has 1 aliphatic rings. The predicted octanol–water partition coefficient (Wildman–Crippen LogP) is 1.78. The number of rotatable bonds is 2. The Balaban J connectivity index is 2.44. The van der Waals surface area contributed by atoms with E-state index < -0.39 is 20.7 Å². The summed E-state index contributed by atoms with van der Waals surface area (Å²) in [6, 6.07) is 2.31. The van der Waals surface area contributed by atoms with E-state index in [1.807, 2.05) is 20.9 Å². The van der Waals surface area contributed by atoms with Crippen molar-refractivity contribution >= 4 is 27.3 Å². The highest BCUT2D eigenvalue weighted by Crippen LogP contribution is 2.30. The van der Waals surface area contributed by atoms with Gasteiger partial charge in [-0.15, -0.1) is 0 Å². The van der Waals surface area contributed by atoms with Crippen LogP contribution in [0.2, 0.25) is 5.02 Å². The van der Waals surface area contributed by atoms with Crippen molar-refractivity contribution in [2.45, 2.75) is 24.3 Å². The lowest BCUT2D eigenvalue weighted by Gasteiger charge is -2.44. The van der Waals surface area contributed by atoms with Gasteiger partial charge in [0.15, 0.2) is 5.82 Å². The molecule has 0 bridgehead atoms. The Labute approximate surface area is 129 Å². The van der Waals surface area contributed by atoms with Crippen LogP contribution >= 0.6 is 11.6 Å². The molecule has 1 aromatic carbocycles. The second kappa shape index (κ2) is 5.39. The van der Waals surface area contributed by atoms with Crippen LogP contribution in [0.5, 0.6) is 0 Å². The lowest BCUT2D eigenvalue weighted by atomic mass is 10.0. The van der Waals surface area contributed by atoms with Crippen molar-refractivity contribution in [1.82, 2.24) is 9.21 Å². The molecule has 2 rings (SSSR count). The van der Waals surface area contributed by atoms with Gasteiger partial charge in [0.05, 0.1) is 5.02 Å². The maximum Gasteiger partial charge on any atom is 0.246 e. The molecule has 0 saturated carbocycles. The van der Waals surface area contributed by atoms with Crippen LogP contribution in [0.25, 0.3) is 0 Å². The minimum absolute atomic E-state index is 0.119. The Morgan fingerprint density at radius 3 is 2.52 bits per heavy atom. The summed E-state index contributed by atoms with van der Waals surface area (Å²) in [5.74, 6) is -0.956. The summed E-state index contributed by atoms with van der Waals surface area (Å²) in [5.41, 5.74) is 5.38. The van der Waals surface area contributed by atoms with Crippen LogP contribution in [0.3, 0.4) is 0 Å². The van der Waals surface area contributed by atoms with Crippen molar-refractivity contribution in [1.29, 1.82) is 0 Å². The van der Waals surface area contributed by atoms with Gasteiger partial charge < -0.3 is 5.73 Å². The average molecular weight is 336 g/mol. The van der Waals surface area contributed by atoms with Gasteiger partial charge in [0, 0.05) is 30.9 Å². The number of halogens is 2. The second-order valence-electron chi connectivity index (χ2n) is 5.89. The van der Waals surface area contributed by atoms with Crippen LogP contribution in [0.1, 0.15) is 13.8 Å². The van der Waals surface area contributed by atoms with Crippen molar-refractivity contribution < 1.29 is 12.8 Å². The van der Waals surface area contributed by atoms with E-state index in [1.165, 1.54) is 10.4 Å². The Morgan fingerprint density at radius 1 is 1.33 bits per heavy atom. The van der Waals surface area contributed by atoms with Gasteiger partial charge in [0.25, 0.3) is 0 Å². The number of nitrogens with two attached hydrogens (primary N) is 1. The average Bonchev–Trinajstić information content (AvgIpc) is 2.36. The van der Waals surface area contributed by atoms with Crippen LogP contribution in [0.4, 0.5) is 10.1 Å². The fraction of sp³-hybridized carbons (Fsp3) is 0.538. The number of anilines is 1. The van der Waals surface area contributed by atoms with Gasteiger partial charge in [0.2, 0.25) is 10.0 Å². The van der Waals surface area contributed by atoms with Crippen molar-refractivity contribution in [2.75, 3.05) is 32.4 Å². The maximum atomic E-state index is 14.1. The molecule has 118 valence electrons. The van der Waals surface area contributed by atoms with E-state index in [-0.39, 0.29) is 22.8 Å². The first-order valence-electron chi connectivity index (χ1n) is 6.51. The zero-order valence-electron chi connectivity index (χ0n) is 12.2. The number of piperazine rings is 1. The van der Waals surface area contributed by atoms with Crippen molar-refractivity contribution in [2.24, 2.45) is 0 Å². The zero-order chi connectivity index (χ0) is 16.0. The summed E-state index contributed by atoms with van der Waals surface area (Å²) < 4.78 is 40.7. The Kier molecular flexibility index (Phi) is 4.23. The zero-order valence-corrected chi connectivity index (χ0v) is 13.8. The summed E-state index contributed by atoms with van der Waals surface area (Å²) in [7, 11) is -2.03. The molecular weight excluding hydrogens is 317 g/mol. The van der Waals surface area contributed by atoms with Gasteiger partial charge in [-0.3, -0.25) is 4.90 Å². The van der Waals surface area contributed by atoms with Crippen molar-refractivity contribution in [3.63, 3.8) is 0 Å². The third kappa shape index (κ3) is 3.01. The Hall–Kier alpha value is -0.890. The van der Waals surface area contributed by atoms with Gasteiger partial charge in [-0.05, 0) is 33.0 Å². The molecule has 2 N–H and O–H groups in total. The standard InChI is InChI=1S/C13H19ClFN3O2S/c1-13(2)8-18(5-4-17(13)3)21(19,20)11-7-9(16)6-10(14)12(11)15/h6-7H,4-5,8,16H2,1-3H3. The van der Waals surface area contributed by atoms with E-state index in [0.717, 1.165) is 6.07 Å². The molecule has 8 heteroatoms. The van der Waals surface area contributed by atoms with Crippen molar-refractivity contribution in [3.8, 4) is 0 Å². The summed E-state index contributed by atoms with van der Waals surface area (Å²) in [6.45, 7) is 5.03. The van der Waals surface area contributed by atoms with E-state index in [1.54, 1.807) is 0 Å². The summed E-state index contributed by atoms with van der Waals surface area (Å²) in [4.78, 5) is 1.61. The summed E-state index contributed by atoms with van der Waals surface area (Å²) in [5, 5.41) is -0.290. The monoisotopic (exact) mass is 335 g/mol. The quantitative estimate of drug-likeness (QED) is 0.837. The molecule has 1 aliphatic heterocycles. The molecule has 1 fully saturated rings. The highest BCUT2D eigenvalue weighted by atomic mass is 35.5. The van der Waals surface area contributed by atoms with Crippen LogP contribution in [0.15, 0.2) is 17.0 Å². The molecule has 0 spiro atoms. The minimum Gasteiger partial charge on any atom is -0.399 e. The largest absolute Gasteiger partial charge is 0.399 e. The van der Waals surface area contributed by atoms with E-state index in [4.69, 9.17) is 17.3 Å². The van der Waals surface area contributed by atoms with Crippen molar-refractivity contribution in [3.05, 3.63) is 23.0 Å². The molecule has 0 amide bonds. The number of benzene rings is 1. The lowest BCUT2D eigenvalue weighted by Crippen LogP contribution is -2.58. The fourth-order valence-electron chi connectivity index (χ4n) is 2.31. The SMILES string of the molecule is CN1CCN(S(=O)(=O)c2cc(N)cc(Cl)c2F)CC1(C)C. The molecule has 0 unspecified atom stereocenters. The van der Waals surface area contributed by atoms with Crippen LogP contribution in [-0.2, 0) is 10.0 Å². The summed E-state index contributed by atoms with van der Waals surface area (Å²) >= 11 is 5.70. The third-order valence-electron chi connectivity index (χ3n) is 3.92. The molecule has 5 nitrogen and oxygen atoms in total. The topological polar surface area (TPSA) is 66.6 Å². The molecule has 1 saturated heterocycles. The molecule has 0 aromatic heterocycles. The second-order valence-corrected chi connectivity index (χ2v) is 8.20. The molecular formula is C13H19ClFN3O2S. The van der Waals surface area contributed by atoms with Crippen LogP contribution in [0, 0.1) is 5.82 Å². The first-order chi connectivity index (χ1) is 9.55. The van der Waals surface area contributed by atoms with Gasteiger partial charge in [0.1, 0.15) is 4.90 Å². The molecule has 0 atom stereocenters. The summed E-state index contributed by atoms with van der Waals surface area (Å²) in [6.07, 6.45) is 0. The highest BCUT2D eigenvalue weighted by Gasteiger charge is 2.38. The van der Waals surface area contributed by atoms with E-state index in [2.05, 4.69) is 4.90 Å². The highest BCUT2D eigenvalue weighted by molar-refractivity contribution is 7.89. The van der Waals surface area contributed by atoms with E-state index in [0.29, 0.717) is 13.1 Å². The van der Waals surface area contributed by atoms with E-state index in [9.17, 15) is 12.8 Å². The first-order valence-corrected chi connectivity index (χ1v) is 8.33. The molecule has 1 aromatic rings. The fourth-order valence-corrected chi connectivity index (χ4v) is 4.30. The minimum atomic E-state index is -3.96. The van der Waals surface area contributed by atoms with Gasteiger partial charge in [-0.1, -0.05) is 11.6 Å². The molecule has 0 aliphatic carbocycles. The van der Waals surface area contributed by atoms with Gasteiger partial charge >= 0.3 is 0 Å². The lowest BCUT2D eigenvalue weighted by molar-refractivity contribution is 0.0800.